The van der Waals surface area contributed by atoms with Crippen molar-refractivity contribution in [3.05, 3.63) is 57.6 Å². The summed E-state index contributed by atoms with van der Waals surface area (Å²) in [6.07, 6.45) is 1.56. The minimum absolute atomic E-state index is 0.158. The summed E-state index contributed by atoms with van der Waals surface area (Å²) in [6, 6.07) is 11.8. The van der Waals surface area contributed by atoms with Gasteiger partial charge in [-0.15, -0.1) is 0 Å². The molecule has 0 bridgehead atoms. The lowest BCUT2D eigenvalue weighted by Gasteiger charge is -2.36. The monoisotopic (exact) mass is 461 g/mol. The number of anilines is 2. The van der Waals surface area contributed by atoms with Crippen LogP contribution in [0.1, 0.15) is 37.0 Å². The standard InChI is InChI=1S/C24H29Cl2N3O2/c1-2-23(31)29-11-8-17-16-18(6-7-20(17)29)22(30)9-10-27-12-14-28(15-13-27)21-5-3-4-19(25)24(21)26/h3-7,16,22,30H,2,8-15H2,1H3. The summed E-state index contributed by atoms with van der Waals surface area (Å²) < 4.78 is 0. The van der Waals surface area contributed by atoms with E-state index in [-0.39, 0.29) is 5.91 Å². The number of nitrogens with zero attached hydrogens (tertiary/aromatic N) is 3. The normalized spacial score (nSPS) is 17.7. The third kappa shape index (κ3) is 4.85. The van der Waals surface area contributed by atoms with Crippen LogP contribution in [-0.4, -0.2) is 55.2 Å². The molecule has 4 rings (SSSR count). The average molecular weight is 462 g/mol. The Morgan fingerprint density at radius 2 is 1.84 bits per heavy atom. The highest BCUT2D eigenvalue weighted by Gasteiger charge is 2.25. The van der Waals surface area contributed by atoms with Crippen molar-refractivity contribution >= 4 is 40.5 Å². The Morgan fingerprint density at radius 3 is 2.58 bits per heavy atom. The summed E-state index contributed by atoms with van der Waals surface area (Å²) in [7, 11) is 0. The van der Waals surface area contributed by atoms with Gasteiger partial charge in [-0.3, -0.25) is 9.69 Å². The molecule has 166 valence electrons. The van der Waals surface area contributed by atoms with Gasteiger partial charge in [0, 0.05) is 51.4 Å². The number of carbonyl (C=O) groups is 1. The van der Waals surface area contributed by atoms with Crippen LogP contribution in [0, 0.1) is 0 Å². The molecule has 1 amide bonds. The van der Waals surface area contributed by atoms with Crippen molar-refractivity contribution in [1.82, 2.24) is 4.90 Å². The second-order valence-electron chi connectivity index (χ2n) is 8.24. The van der Waals surface area contributed by atoms with Crippen LogP contribution < -0.4 is 9.80 Å². The third-order valence-electron chi connectivity index (χ3n) is 6.35. The first-order valence-electron chi connectivity index (χ1n) is 11.0. The van der Waals surface area contributed by atoms with E-state index in [1.165, 1.54) is 0 Å². The van der Waals surface area contributed by atoms with Gasteiger partial charge in [-0.05, 0) is 42.2 Å². The summed E-state index contributed by atoms with van der Waals surface area (Å²) >= 11 is 12.5. The van der Waals surface area contributed by atoms with Gasteiger partial charge >= 0.3 is 0 Å². The van der Waals surface area contributed by atoms with Crippen LogP contribution in [-0.2, 0) is 11.2 Å². The van der Waals surface area contributed by atoms with Gasteiger partial charge in [-0.25, -0.2) is 0 Å². The molecule has 1 N–H and O–H groups in total. The van der Waals surface area contributed by atoms with Gasteiger partial charge in [0.1, 0.15) is 0 Å². The maximum Gasteiger partial charge on any atom is 0.226 e. The first-order chi connectivity index (χ1) is 15.0. The van der Waals surface area contributed by atoms with Crippen molar-refractivity contribution in [2.24, 2.45) is 0 Å². The highest BCUT2D eigenvalue weighted by atomic mass is 35.5. The Balaban J connectivity index is 1.30. The molecule has 1 atom stereocenters. The molecule has 0 radical (unpaired) electrons. The Bertz CT molecular complexity index is 944. The lowest BCUT2D eigenvalue weighted by Crippen LogP contribution is -2.46. The van der Waals surface area contributed by atoms with Crippen LogP contribution in [0.25, 0.3) is 0 Å². The zero-order valence-electron chi connectivity index (χ0n) is 17.9. The maximum absolute atomic E-state index is 12.1. The number of hydrogen-bond donors (Lipinski definition) is 1. The van der Waals surface area contributed by atoms with E-state index in [9.17, 15) is 9.90 Å². The van der Waals surface area contributed by atoms with Gasteiger partial charge in [0.2, 0.25) is 5.91 Å². The molecular weight excluding hydrogens is 433 g/mol. The highest BCUT2D eigenvalue weighted by molar-refractivity contribution is 6.43. The zero-order chi connectivity index (χ0) is 22.0. The number of rotatable bonds is 6. The number of aliphatic hydroxyl groups excluding tert-OH is 1. The average Bonchev–Trinajstić information content (AvgIpc) is 3.22. The molecule has 31 heavy (non-hydrogen) atoms. The molecule has 2 aliphatic heterocycles. The number of halogens is 2. The van der Waals surface area contributed by atoms with Gasteiger partial charge in [-0.1, -0.05) is 48.3 Å². The van der Waals surface area contributed by atoms with E-state index < -0.39 is 6.10 Å². The van der Waals surface area contributed by atoms with Gasteiger partial charge in [0.15, 0.2) is 0 Å². The quantitative estimate of drug-likeness (QED) is 0.685. The smallest absolute Gasteiger partial charge is 0.226 e. The summed E-state index contributed by atoms with van der Waals surface area (Å²) in [4.78, 5) is 18.6. The molecule has 5 nitrogen and oxygen atoms in total. The fourth-order valence-corrected chi connectivity index (χ4v) is 4.91. The van der Waals surface area contributed by atoms with E-state index in [1.54, 1.807) is 0 Å². The molecular formula is C24H29Cl2N3O2. The molecule has 0 spiro atoms. The van der Waals surface area contributed by atoms with E-state index >= 15 is 0 Å². The summed E-state index contributed by atoms with van der Waals surface area (Å²) in [5.74, 6) is 0.158. The van der Waals surface area contributed by atoms with Crippen LogP contribution in [0.2, 0.25) is 10.0 Å². The molecule has 1 fully saturated rings. The lowest BCUT2D eigenvalue weighted by molar-refractivity contribution is -0.118. The Kier molecular flexibility index (Phi) is 7.07. The van der Waals surface area contributed by atoms with E-state index in [0.29, 0.717) is 22.9 Å². The first-order valence-corrected chi connectivity index (χ1v) is 11.8. The summed E-state index contributed by atoms with van der Waals surface area (Å²) in [5.41, 5.74) is 4.08. The zero-order valence-corrected chi connectivity index (χ0v) is 19.4. The number of piperazine rings is 1. The number of fused-ring (bicyclic) bond motifs is 1. The summed E-state index contributed by atoms with van der Waals surface area (Å²) in [6.45, 7) is 7.09. The molecule has 2 aromatic carbocycles. The molecule has 1 unspecified atom stereocenters. The molecule has 2 heterocycles. The van der Waals surface area contributed by atoms with Crippen molar-refractivity contribution in [3.8, 4) is 0 Å². The van der Waals surface area contributed by atoms with Crippen LogP contribution >= 0.6 is 23.2 Å². The lowest BCUT2D eigenvalue weighted by atomic mass is 10.0. The van der Waals surface area contributed by atoms with E-state index in [0.717, 1.165) is 68.2 Å². The van der Waals surface area contributed by atoms with Crippen LogP contribution in [0.5, 0.6) is 0 Å². The van der Waals surface area contributed by atoms with Gasteiger partial charge in [0.25, 0.3) is 0 Å². The van der Waals surface area contributed by atoms with Gasteiger partial charge < -0.3 is 14.9 Å². The Labute approximate surface area is 194 Å². The van der Waals surface area contributed by atoms with E-state index in [4.69, 9.17) is 23.2 Å². The van der Waals surface area contributed by atoms with Crippen LogP contribution in [0.15, 0.2) is 36.4 Å². The molecule has 7 heteroatoms. The molecule has 2 aliphatic rings. The summed E-state index contributed by atoms with van der Waals surface area (Å²) in [5, 5.41) is 12.0. The van der Waals surface area contributed by atoms with Gasteiger partial charge in [-0.2, -0.15) is 0 Å². The molecule has 2 aromatic rings. The van der Waals surface area contributed by atoms with Gasteiger partial charge in [0.05, 0.1) is 21.8 Å². The SMILES string of the molecule is CCC(=O)N1CCc2cc(C(O)CCN3CCN(c4cccc(Cl)c4Cl)CC3)ccc21. The van der Waals surface area contributed by atoms with E-state index in [2.05, 4.69) is 15.9 Å². The second-order valence-corrected chi connectivity index (χ2v) is 9.03. The Morgan fingerprint density at radius 1 is 1.06 bits per heavy atom. The van der Waals surface area contributed by atoms with E-state index in [1.807, 2.05) is 42.2 Å². The molecule has 0 aliphatic carbocycles. The van der Waals surface area contributed by atoms with Crippen molar-refractivity contribution in [1.29, 1.82) is 0 Å². The Hall–Kier alpha value is -1.79. The maximum atomic E-state index is 12.1. The predicted molar refractivity (Wildman–Crippen MR) is 127 cm³/mol. The van der Waals surface area contributed by atoms with Crippen LogP contribution in [0.4, 0.5) is 11.4 Å². The fraction of sp³-hybridized carbons (Fsp3) is 0.458. The number of carbonyl (C=O) groups excluding carboxylic acids is 1. The van der Waals surface area contributed by atoms with Crippen molar-refractivity contribution in [3.63, 3.8) is 0 Å². The highest BCUT2D eigenvalue weighted by Crippen LogP contribution is 2.34. The molecule has 0 saturated carbocycles. The number of benzene rings is 2. The predicted octanol–water partition coefficient (Wildman–Crippen LogP) is 4.54. The van der Waals surface area contributed by atoms with Crippen molar-refractivity contribution in [2.75, 3.05) is 49.1 Å². The minimum atomic E-state index is -0.498. The fourth-order valence-electron chi connectivity index (χ4n) is 4.50. The molecule has 0 aromatic heterocycles. The first kappa shape index (κ1) is 22.4. The largest absolute Gasteiger partial charge is 0.388 e. The topological polar surface area (TPSA) is 47.0 Å². The number of amides is 1. The number of hydrogen-bond acceptors (Lipinski definition) is 4. The number of aliphatic hydroxyl groups is 1. The third-order valence-corrected chi connectivity index (χ3v) is 7.16. The van der Waals surface area contributed by atoms with Crippen molar-refractivity contribution in [2.45, 2.75) is 32.3 Å². The van der Waals surface area contributed by atoms with Crippen LogP contribution in [0.3, 0.4) is 0 Å². The molecule has 1 saturated heterocycles. The minimum Gasteiger partial charge on any atom is -0.388 e. The van der Waals surface area contributed by atoms with Crippen molar-refractivity contribution < 1.29 is 9.90 Å². The second kappa shape index (κ2) is 9.78.